The van der Waals surface area contributed by atoms with E-state index in [1.807, 2.05) is 13.0 Å². The number of rotatable bonds is 6. The highest BCUT2D eigenvalue weighted by Crippen LogP contribution is 2.19. The van der Waals surface area contributed by atoms with Crippen LogP contribution in [0.25, 0.3) is 11.4 Å². The van der Waals surface area contributed by atoms with Gasteiger partial charge in [0.25, 0.3) is 5.91 Å². The van der Waals surface area contributed by atoms with Gasteiger partial charge in [-0.05, 0) is 23.8 Å². The molecule has 0 unspecified atom stereocenters. The van der Waals surface area contributed by atoms with Crippen LogP contribution in [-0.4, -0.2) is 45.8 Å². The molecule has 0 fully saturated rings. The van der Waals surface area contributed by atoms with E-state index in [2.05, 4.69) is 26.0 Å². The van der Waals surface area contributed by atoms with Crippen molar-refractivity contribution in [3.8, 4) is 17.1 Å². The number of nitrogens with zero attached hydrogens (tertiary/aromatic N) is 4. The van der Waals surface area contributed by atoms with E-state index >= 15 is 0 Å². The topological polar surface area (TPSA) is 111 Å². The number of methoxy groups -OCH3 is 1. The lowest BCUT2D eigenvalue weighted by molar-refractivity contribution is -0.121. The summed E-state index contributed by atoms with van der Waals surface area (Å²) in [4.78, 5) is 24.2. The van der Waals surface area contributed by atoms with Crippen LogP contribution in [0.15, 0.2) is 24.3 Å². The van der Waals surface area contributed by atoms with Gasteiger partial charge in [-0.3, -0.25) is 10.1 Å². The van der Waals surface area contributed by atoms with Crippen LogP contribution in [-0.2, 0) is 11.3 Å². The molecule has 1 aromatic heterocycles. The maximum atomic E-state index is 11.7. The summed E-state index contributed by atoms with van der Waals surface area (Å²) in [7, 11) is 1.57. The number of carbonyl (C=O) groups is 2. The standard InChI is InChI=1S/C14H18N6O3/c1-3-7-15-14(22)16-12(21)9-20-18-13(17-19-20)10-5-4-6-11(8-10)23-2/h4-6,8H,3,7,9H2,1-2H3,(H2,15,16,21,22). The van der Waals surface area contributed by atoms with Crippen molar-refractivity contribution < 1.29 is 14.3 Å². The first-order chi connectivity index (χ1) is 11.1. The predicted octanol–water partition coefficient (Wildman–Crippen LogP) is 0.584. The fraction of sp³-hybridized carbons (Fsp3) is 0.357. The molecule has 122 valence electrons. The van der Waals surface area contributed by atoms with Crippen LogP contribution in [0.2, 0.25) is 0 Å². The highest BCUT2D eigenvalue weighted by atomic mass is 16.5. The van der Waals surface area contributed by atoms with Crippen molar-refractivity contribution in [1.29, 1.82) is 0 Å². The first-order valence-electron chi connectivity index (χ1n) is 7.12. The van der Waals surface area contributed by atoms with Crippen LogP contribution < -0.4 is 15.4 Å². The molecular weight excluding hydrogens is 300 g/mol. The summed E-state index contributed by atoms with van der Waals surface area (Å²) in [6, 6.07) is 6.64. The molecule has 0 aliphatic heterocycles. The second-order valence-electron chi connectivity index (χ2n) is 4.68. The fourth-order valence-electron chi connectivity index (χ4n) is 1.77. The molecular formula is C14H18N6O3. The Balaban J connectivity index is 1.96. The van der Waals surface area contributed by atoms with Crippen LogP contribution >= 0.6 is 0 Å². The molecule has 0 saturated heterocycles. The molecule has 23 heavy (non-hydrogen) atoms. The molecule has 2 aromatic rings. The van der Waals surface area contributed by atoms with Gasteiger partial charge in [0.1, 0.15) is 12.3 Å². The molecule has 2 rings (SSSR count). The SMILES string of the molecule is CCCNC(=O)NC(=O)Cn1nnc(-c2cccc(OC)c2)n1. The third-order valence-electron chi connectivity index (χ3n) is 2.85. The van der Waals surface area contributed by atoms with E-state index < -0.39 is 11.9 Å². The number of hydrogen-bond donors (Lipinski definition) is 2. The molecule has 0 aliphatic carbocycles. The van der Waals surface area contributed by atoms with Crippen molar-refractivity contribution in [2.24, 2.45) is 0 Å². The molecule has 0 atom stereocenters. The molecule has 2 N–H and O–H groups in total. The van der Waals surface area contributed by atoms with Gasteiger partial charge in [-0.15, -0.1) is 10.2 Å². The van der Waals surface area contributed by atoms with E-state index in [0.29, 0.717) is 18.1 Å². The van der Waals surface area contributed by atoms with Gasteiger partial charge in [-0.1, -0.05) is 19.1 Å². The van der Waals surface area contributed by atoms with E-state index in [9.17, 15) is 9.59 Å². The lowest BCUT2D eigenvalue weighted by Gasteiger charge is -2.04. The minimum Gasteiger partial charge on any atom is -0.497 e. The molecule has 0 bridgehead atoms. The van der Waals surface area contributed by atoms with E-state index in [-0.39, 0.29) is 6.54 Å². The van der Waals surface area contributed by atoms with Crippen molar-refractivity contribution >= 4 is 11.9 Å². The molecule has 3 amide bonds. The van der Waals surface area contributed by atoms with Gasteiger partial charge in [0.05, 0.1) is 7.11 Å². The summed E-state index contributed by atoms with van der Waals surface area (Å²) < 4.78 is 5.13. The molecule has 9 heteroatoms. The lowest BCUT2D eigenvalue weighted by atomic mass is 10.2. The van der Waals surface area contributed by atoms with Gasteiger partial charge >= 0.3 is 6.03 Å². The second-order valence-corrected chi connectivity index (χ2v) is 4.68. The normalized spacial score (nSPS) is 10.2. The Kier molecular flexibility index (Phi) is 5.61. The largest absolute Gasteiger partial charge is 0.497 e. The Bertz CT molecular complexity index is 685. The van der Waals surface area contributed by atoms with Crippen LogP contribution in [0.4, 0.5) is 4.79 Å². The number of benzene rings is 1. The zero-order valence-corrected chi connectivity index (χ0v) is 12.9. The summed E-state index contributed by atoms with van der Waals surface area (Å²) in [5.74, 6) is 0.518. The van der Waals surface area contributed by atoms with Crippen molar-refractivity contribution in [1.82, 2.24) is 30.8 Å². The highest BCUT2D eigenvalue weighted by Gasteiger charge is 2.12. The Morgan fingerprint density at radius 2 is 2.17 bits per heavy atom. The number of amides is 3. The molecule has 1 aromatic carbocycles. The smallest absolute Gasteiger partial charge is 0.321 e. The summed E-state index contributed by atoms with van der Waals surface area (Å²) >= 11 is 0. The van der Waals surface area contributed by atoms with E-state index in [4.69, 9.17) is 4.74 Å². The number of nitrogens with one attached hydrogen (secondary N) is 2. The minimum absolute atomic E-state index is 0.198. The molecule has 0 saturated carbocycles. The fourth-order valence-corrected chi connectivity index (χ4v) is 1.77. The summed E-state index contributed by atoms with van der Waals surface area (Å²) in [5, 5.41) is 16.5. The van der Waals surface area contributed by atoms with Gasteiger partial charge in [0.2, 0.25) is 5.82 Å². The monoisotopic (exact) mass is 318 g/mol. The maximum Gasteiger partial charge on any atom is 0.321 e. The Morgan fingerprint density at radius 1 is 1.35 bits per heavy atom. The number of imide groups is 1. The van der Waals surface area contributed by atoms with Crippen molar-refractivity contribution in [2.45, 2.75) is 19.9 Å². The number of tetrazole rings is 1. The first kappa shape index (κ1) is 16.4. The molecule has 0 spiro atoms. The average Bonchev–Trinajstić information content (AvgIpc) is 3.01. The zero-order chi connectivity index (χ0) is 16.7. The number of aromatic nitrogens is 4. The Labute approximate surface area is 133 Å². The van der Waals surface area contributed by atoms with E-state index in [1.165, 1.54) is 0 Å². The predicted molar refractivity (Wildman–Crippen MR) is 81.6 cm³/mol. The van der Waals surface area contributed by atoms with Crippen LogP contribution in [0.3, 0.4) is 0 Å². The number of hydrogen-bond acceptors (Lipinski definition) is 6. The third-order valence-corrected chi connectivity index (χ3v) is 2.85. The summed E-state index contributed by atoms with van der Waals surface area (Å²) in [6.45, 7) is 2.22. The molecule has 1 heterocycles. The van der Waals surface area contributed by atoms with Gasteiger partial charge in [-0.2, -0.15) is 4.80 Å². The average molecular weight is 318 g/mol. The quantitative estimate of drug-likeness (QED) is 0.806. The number of carbonyl (C=O) groups excluding carboxylic acids is 2. The second kappa shape index (κ2) is 7.87. The minimum atomic E-state index is -0.537. The van der Waals surface area contributed by atoms with E-state index in [0.717, 1.165) is 16.8 Å². The zero-order valence-electron chi connectivity index (χ0n) is 12.9. The van der Waals surface area contributed by atoms with Crippen molar-refractivity contribution in [2.75, 3.05) is 13.7 Å². The maximum absolute atomic E-state index is 11.7. The Morgan fingerprint density at radius 3 is 2.91 bits per heavy atom. The third kappa shape index (κ3) is 4.77. The molecule has 0 aliphatic rings. The number of urea groups is 1. The first-order valence-corrected chi connectivity index (χ1v) is 7.12. The number of ether oxygens (including phenoxy) is 1. The van der Waals surface area contributed by atoms with Gasteiger partial charge in [-0.25, -0.2) is 4.79 Å². The summed E-state index contributed by atoms with van der Waals surface area (Å²) in [6.07, 6.45) is 0.788. The van der Waals surface area contributed by atoms with Crippen molar-refractivity contribution in [3.05, 3.63) is 24.3 Å². The lowest BCUT2D eigenvalue weighted by Crippen LogP contribution is -2.41. The summed E-state index contributed by atoms with van der Waals surface area (Å²) in [5.41, 5.74) is 0.719. The van der Waals surface area contributed by atoms with Gasteiger partial charge in [0.15, 0.2) is 0 Å². The van der Waals surface area contributed by atoms with E-state index in [1.54, 1.807) is 25.3 Å². The van der Waals surface area contributed by atoms with Crippen LogP contribution in [0.5, 0.6) is 5.75 Å². The molecule has 9 nitrogen and oxygen atoms in total. The molecule has 0 radical (unpaired) electrons. The van der Waals surface area contributed by atoms with Gasteiger partial charge < -0.3 is 10.1 Å². The Hall–Kier alpha value is -2.97. The highest BCUT2D eigenvalue weighted by molar-refractivity contribution is 5.94. The van der Waals surface area contributed by atoms with Gasteiger partial charge in [0, 0.05) is 12.1 Å². The van der Waals surface area contributed by atoms with Crippen LogP contribution in [0, 0.1) is 0 Å². The van der Waals surface area contributed by atoms with Crippen molar-refractivity contribution in [3.63, 3.8) is 0 Å². The van der Waals surface area contributed by atoms with Crippen LogP contribution in [0.1, 0.15) is 13.3 Å².